The lowest BCUT2D eigenvalue weighted by molar-refractivity contribution is -0.138. The first-order chi connectivity index (χ1) is 11.3. The van der Waals surface area contributed by atoms with Crippen LogP contribution in [0.1, 0.15) is 37.6 Å². The van der Waals surface area contributed by atoms with Gasteiger partial charge in [-0.05, 0) is 37.1 Å². The van der Waals surface area contributed by atoms with Gasteiger partial charge in [-0.15, -0.1) is 0 Å². The summed E-state index contributed by atoms with van der Waals surface area (Å²) in [7, 11) is 1.57. The van der Waals surface area contributed by atoms with Gasteiger partial charge in [-0.2, -0.15) is 5.26 Å². The molecule has 1 amide bonds. The van der Waals surface area contributed by atoms with Gasteiger partial charge in [0.1, 0.15) is 5.75 Å². The second kappa shape index (κ2) is 9.56. The third-order valence-corrected chi connectivity index (χ3v) is 3.24. The maximum Gasteiger partial charge on any atom is 0.338 e. The average molecular weight is 332 g/mol. The molecule has 0 fully saturated rings. The van der Waals surface area contributed by atoms with Crippen LogP contribution in [-0.4, -0.2) is 43.1 Å². The van der Waals surface area contributed by atoms with Crippen molar-refractivity contribution < 1.29 is 19.1 Å². The number of nitriles is 1. The Kier molecular flexibility index (Phi) is 7.76. The van der Waals surface area contributed by atoms with Gasteiger partial charge in [-0.25, -0.2) is 4.79 Å². The summed E-state index contributed by atoms with van der Waals surface area (Å²) in [5, 5.41) is 8.54. The Hall–Kier alpha value is -2.55. The fraction of sp³-hybridized carbons (Fsp3) is 0.500. The summed E-state index contributed by atoms with van der Waals surface area (Å²) >= 11 is 0. The number of amides is 1. The van der Waals surface area contributed by atoms with E-state index in [9.17, 15) is 9.59 Å². The molecule has 0 spiro atoms. The quantitative estimate of drug-likeness (QED) is 0.684. The Morgan fingerprint density at radius 3 is 2.38 bits per heavy atom. The summed E-state index contributed by atoms with van der Waals surface area (Å²) in [5.41, 5.74) is 0.353. The second-order valence-electron chi connectivity index (χ2n) is 5.94. The zero-order valence-electron chi connectivity index (χ0n) is 14.6. The monoisotopic (exact) mass is 332 g/mol. The topological polar surface area (TPSA) is 79.6 Å². The zero-order chi connectivity index (χ0) is 18.1. The number of nitrogens with zero attached hydrogens (tertiary/aromatic N) is 2. The molecule has 0 N–H and O–H groups in total. The number of ether oxygens (including phenoxy) is 2. The third-order valence-electron chi connectivity index (χ3n) is 3.24. The Balaban J connectivity index is 2.57. The molecule has 0 aliphatic rings. The zero-order valence-corrected chi connectivity index (χ0v) is 14.6. The molecule has 24 heavy (non-hydrogen) atoms. The van der Waals surface area contributed by atoms with E-state index in [0.29, 0.717) is 30.4 Å². The van der Waals surface area contributed by atoms with Crippen molar-refractivity contribution in [2.75, 3.05) is 20.2 Å². The van der Waals surface area contributed by atoms with Crippen LogP contribution < -0.4 is 4.74 Å². The molecule has 0 radical (unpaired) electrons. The highest BCUT2D eigenvalue weighted by Crippen LogP contribution is 2.14. The van der Waals surface area contributed by atoms with Crippen molar-refractivity contribution in [3.05, 3.63) is 29.8 Å². The van der Waals surface area contributed by atoms with Gasteiger partial charge in [0.05, 0.1) is 24.7 Å². The number of rotatable bonds is 8. The standard InChI is InChI=1S/C18H24N2O4/c1-13(2)12-23-16-8-6-15(7-9-16)18(22)24-14(3)17(21)20(4)11-5-10-19/h6-9,13-14H,5,11-12H2,1-4H3/t14-/m1/s1. The van der Waals surface area contributed by atoms with Crippen molar-refractivity contribution >= 4 is 11.9 Å². The van der Waals surface area contributed by atoms with Crippen LogP contribution >= 0.6 is 0 Å². The maximum absolute atomic E-state index is 12.1. The molecular weight excluding hydrogens is 308 g/mol. The lowest BCUT2D eigenvalue weighted by atomic mass is 10.2. The minimum Gasteiger partial charge on any atom is -0.493 e. The van der Waals surface area contributed by atoms with Gasteiger partial charge in [-0.1, -0.05) is 13.8 Å². The van der Waals surface area contributed by atoms with E-state index >= 15 is 0 Å². The number of carbonyl (C=O) groups excluding carboxylic acids is 2. The van der Waals surface area contributed by atoms with Crippen molar-refractivity contribution in [3.63, 3.8) is 0 Å². The first kappa shape index (κ1) is 19.5. The van der Waals surface area contributed by atoms with Gasteiger partial charge >= 0.3 is 5.97 Å². The molecule has 6 heteroatoms. The molecule has 0 aromatic heterocycles. The van der Waals surface area contributed by atoms with Gasteiger partial charge in [0, 0.05) is 13.6 Å². The average Bonchev–Trinajstić information content (AvgIpc) is 2.57. The molecule has 0 bridgehead atoms. The smallest absolute Gasteiger partial charge is 0.338 e. The summed E-state index contributed by atoms with van der Waals surface area (Å²) in [6, 6.07) is 8.58. The Morgan fingerprint density at radius 2 is 1.83 bits per heavy atom. The lowest BCUT2D eigenvalue weighted by Gasteiger charge is -2.20. The number of likely N-dealkylation sites (N-methyl/N-ethyl adjacent to an activating group) is 1. The summed E-state index contributed by atoms with van der Waals surface area (Å²) in [6.07, 6.45) is -0.668. The van der Waals surface area contributed by atoms with Gasteiger partial charge in [0.2, 0.25) is 0 Å². The fourth-order valence-electron chi connectivity index (χ4n) is 1.87. The SMILES string of the molecule is CC(C)COc1ccc(C(=O)O[C@H](C)C(=O)N(C)CCC#N)cc1. The highest BCUT2D eigenvalue weighted by molar-refractivity contribution is 5.92. The molecule has 6 nitrogen and oxygen atoms in total. The molecule has 0 aliphatic carbocycles. The van der Waals surface area contributed by atoms with Gasteiger partial charge in [-0.3, -0.25) is 4.79 Å². The molecule has 0 unspecified atom stereocenters. The maximum atomic E-state index is 12.1. The van der Waals surface area contributed by atoms with E-state index in [4.69, 9.17) is 14.7 Å². The van der Waals surface area contributed by atoms with E-state index in [2.05, 4.69) is 13.8 Å². The van der Waals surface area contributed by atoms with Crippen molar-refractivity contribution in [1.82, 2.24) is 4.90 Å². The van der Waals surface area contributed by atoms with Crippen LogP contribution in [0, 0.1) is 17.2 Å². The fourth-order valence-corrected chi connectivity index (χ4v) is 1.87. The molecule has 0 aliphatic heterocycles. The van der Waals surface area contributed by atoms with Gasteiger partial charge in [0.15, 0.2) is 6.10 Å². The molecule has 1 atom stereocenters. The summed E-state index contributed by atoms with van der Waals surface area (Å²) < 4.78 is 10.7. The van der Waals surface area contributed by atoms with Gasteiger partial charge < -0.3 is 14.4 Å². The van der Waals surface area contributed by atoms with Crippen LogP contribution in [0.5, 0.6) is 5.75 Å². The van der Waals surface area contributed by atoms with E-state index in [-0.39, 0.29) is 12.3 Å². The van der Waals surface area contributed by atoms with E-state index in [0.717, 1.165) is 0 Å². The van der Waals surface area contributed by atoms with Crippen LogP contribution in [0.2, 0.25) is 0 Å². The molecular formula is C18H24N2O4. The summed E-state index contributed by atoms with van der Waals surface area (Å²) in [5.74, 6) is 0.190. The summed E-state index contributed by atoms with van der Waals surface area (Å²) in [4.78, 5) is 25.5. The van der Waals surface area contributed by atoms with Crippen LogP contribution in [0.15, 0.2) is 24.3 Å². The van der Waals surface area contributed by atoms with Crippen molar-refractivity contribution in [2.24, 2.45) is 5.92 Å². The Bertz CT molecular complexity index is 590. The minimum atomic E-state index is -0.905. The van der Waals surface area contributed by atoms with E-state index in [1.54, 1.807) is 31.3 Å². The van der Waals surface area contributed by atoms with E-state index in [1.165, 1.54) is 11.8 Å². The highest BCUT2D eigenvalue weighted by atomic mass is 16.5. The lowest BCUT2D eigenvalue weighted by Crippen LogP contribution is -2.37. The third kappa shape index (κ3) is 6.29. The molecule has 130 valence electrons. The first-order valence-corrected chi connectivity index (χ1v) is 7.91. The van der Waals surface area contributed by atoms with Crippen molar-refractivity contribution in [1.29, 1.82) is 5.26 Å². The molecule has 0 saturated carbocycles. The molecule has 0 saturated heterocycles. The predicted molar refractivity (Wildman–Crippen MR) is 89.5 cm³/mol. The Labute approximate surface area is 143 Å². The highest BCUT2D eigenvalue weighted by Gasteiger charge is 2.22. The number of esters is 1. The number of hydrogen-bond acceptors (Lipinski definition) is 5. The van der Waals surface area contributed by atoms with Crippen molar-refractivity contribution in [3.8, 4) is 11.8 Å². The Morgan fingerprint density at radius 1 is 1.21 bits per heavy atom. The second-order valence-corrected chi connectivity index (χ2v) is 5.94. The van der Waals surface area contributed by atoms with Crippen LogP contribution in [0.3, 0.4) is 0 Å². The molecule has 1 aromatic carbocycles. The van der Waals surface area contributed by atoms with E-state index in [1.807, 2.05) is 6.07 Å². The van der Waals surface area contributed by atoms with Gasteiger partial charge in [0.25, 0.3) is 5.91 Å². The first-order valence-electron chi connectivity index (χ1n) is 7.91. The van der Waals surface area contributed by atoms with Crippen LogP contribution in [0.25, 0.3) is 0 Å². The normalized spacial score (nSPS) is 11.5. The largest absolute Gasteiger partial charge is 0.493 e. The molecule has 1 aromatic rings. The molecule has 1 rings (SSSR count). The van der Waals surface area contributed by atoms with Crippen LogP contribution in [-0.2, 0) is 9.53 Å². The number of hydrogen-bond donors (Lipinski definition) is 0. The minimum absolute atomic E-state index is 0.237. The predicted octanol–water partition coefficient (Wildman–Crippen LogP) is 2.64. The molecule has 0 heterocycles. The van der Waals surface area contributed by atoms with Crippen LogP contribution in [0.4, 0.5) is 0 Å². The number of benzene rings is 1. The number of carbonyl (C=O) groups is 2. The van der Waals surface area contributed by atoms with E-state index < -0.39 is 12.1 Å². The summed E-state index contributed by atoms with van der Waals surface area (Å²) in [6.45, 7) is 6.53. The van der Waals surface area contributed by atoms with Crippen molar-refractivity contribution in [2.45, 2.75) is 33.3 Å².